The van der Waals surface area contributed by atoms with Crippen LogP contribution in [0.2, 0.25) is 0 Å². The molecule has 1 aromatic carbocycles. The van der Waals surface area contributed by atoms with E-state index >= 15 is 0 Å². The van der Waals surface area contributed by atoms with Crippen LogP contribution in [0.3, 0.4) is 0 Å². The highest BCUT2D eigenvalue weighted by molar-refractivity contribution is 6.15. The summed E-state index contributed by atoms with van der Waals surface area (Å²) in [6, 6.07) is 11.9. The summed E-state index contributed by atoms with van der Waals surface area (Å²) in [5.41, 5.74) is 9.36. The summed E-state index contributed by atoms with van der Waals surface area (Å²) in [6.45, 7) is 0. The number of nitrogens with two attached hydrogens (primary N) is 1. The van der Waals surface area contributed by atoms with Crippen LogP contribution in [0.15, 0.2) is 42.5 Å². The molecule has 0 aliphatic heterocycles. The Morgan fingerprint density at radius 3 is 2.68 bits per heavy atom. The maximum Gasteiger partial charge on any atom is 0.270 e. The second-order valence-corrected chi connectivity index (χ2v) is 5.24. The molecule has 0 saturated carbocycles. The van der Waals surface area contributed by atoms with E-state index in [0.717, 1.165) is 22.0 Å². The number of aromatic nitrogens is 2. The van der Waals surface area contributed by atoms with E-state index in [1.165, 1.54) is 0 Å². The Labute approximate surface area is 125 Å². The van der Waals surface area contributed by atoms with Gasteiger partial charge < -0.3 is 11.1 Å². The molecule has 0 saturated heterocycles. The molecular formula is C16H12N4O2. The van der Waals surface area contributed by atoms with Crippen LogP contribution in [-0.4, -0.2) is 22.0 Å². The van der Waals surface area contributed by atoms with Gasteiger partial charge in [-0.25, -0.2) is 0 Å². The first kappa shape index (κ1) is 12.6. The number of fused-ring (bicyclic) bond motifs is 3. The van der Waals surface area contributed by atoms with E-state index in [-0.39, 0.29) is 0 Å². The highest BCUT2D eigenvalue weighted by Crippen LogP contribution is 2.42. The lowest BCUT2D eigenvalue weighted by Gasteiger charge is -2.15. The SMILES string of the molecule is NC(=O)[C@@H](NC(=O)c1[nH]nc2c3cc-3cc12)c1ccccc1. The summed E-state index contributed by atoms with van der Waals surface area (Å²) >= 11 is 0. The second kappa shape index (κ2) is 4.42. The fraction of sp³-hybridized carbons (Fsp3) is 0.0625. The number of primary amides is 1. The quantitative estimate of drug-likeness (QED) is 0.531. The van der Waals surface area contributed by atoms with Crippen molar-refractivity contribution in [1.82, 2.24) is 15.5 Å². The van der Waals surface area contributed by atoms with Gasteiger partial charge in [0.2, 0.25) is 5.91 Å². The molecule has 2 aliphatic carbocycles. The van der Waals surface area contributed by atoms with Crippen LogP contribution in [0.4, 0.5) is 0 Å². The zero-order valence-corrected chi connectivity index (χ0v) is 11.5. The van der Waals surface area contributed by atoms with E-state index in [0.29, 0.717) is 11.3 Å². The minimum Gasteiger partial charge on any atom is -0.368 e. The van der Waals surface area contributed by atoms with Crippen molar-refractivity contribution in [3.8, 4) is 11.1 Å². The van der Waals surface area contributed by atoms with Crippen LogP contribution in [0.25, 0.3) is 22.0 Å². The van der Waals surface area contributed by atoms with Gasteiger partial charge in [0, 0.05) is 10.9 Å². The Morgan fingerprint density at radius 1 is 1.18 bits per heavy atom. The molecule has 0 bridgehead atoms. The van der Waals surface area contributed by atoms with Crippen LogP contribution in [0, 0.1) is 0 Å². The standard InChI is InChI=1S/C16H12N4O2/c17-15(21)12(8-4-2-1-3-5-8)18-16(22)14-11-7-9-6-10(9)13(11)19-20-14/h1-7,12H,(H2,17,21)(H,18,22)(H,19,20)/t12-/m0/s1. The molecule has 1 aromatic heterocycles. The lowest BCUT2D eigenvalue weighted by Crippen LogP contribution is -2.37. The molecular weight excluding hydrogens is 280 g/mol. The first-order valence-corrected chi connectivity index (χ1v) is 6.83. The van der Waals surface area contributed by atoms with Gasteiger partial charge >= 0.3 is 0 Å². The number of amides is 2. The molecule has 108 valence electrons. The molecule has 0 unspecified atom stereocenters. The second-order valence-electron chi connectivity index (χ2n) is 5.24. The predicted molar refractivity (Wildman–Crippen MR) is 80.9 cm³/mol. The predicted octanol–water partition coefficient (Wildman–Crippen LogP) is 1.50. The number of rotatable bonds is 4. The fourth-order valence-corrected chi connectivity index (χ4v) is 2.64. The van der Waals surface area contributed by atoms with E-state index in [1.54, 1.807) is 24.3 Å². The van der Waals surface area contributed by atoms with Crippen LogP contribution < -0.4 is 11.1 Å². The molecule has 4 N–H and O–H groups in total. The van der Waals surface area contributed by atoms with Crippen molar-refractivity contribution < 1.29 is 9.59 Å². The number of aromatic amines is 1. The number of hydrogen-bond donors (Lipinski definition) is 3. The van der Waals surface area contributed by atoms with Gasteiger partial charge in [-0.1, -0.05) is 30.3 Å². The number of benzene rings is 2. The third-order valence-electron chi connectivity index (χ3n) is 3.81. The third kappa shape index (κ3) is 1.85. The van der Waals surface area contributed by atoms with Gasteiger partial charge in [0.15, 0.2) is 0 Å². The van der Waals surface area contributed by atoms with E-state index in [2.05, 4.69) is 15.5 Å². The van der Waals surface area contributed by atoms with Gasteiger partial charge in [-0.2, -0.15) is 5.10 Å². The van der Waals surface area contributed by atoms with Crippen molar-refractivity contribution in [1.29, 1.82) is 0 Å². The Bertz CT molecular complexity index is 915. The van der Waals surface area contributed by atoms with Gasteiger partial charge in [-0.3, -0.25) is 14.7 Å². The number of nitrogens with one attached hydrogen (secondary N) is 2. The first-order valence-electron chi connectivity index (χ1n) is 6.83. The lowest BCUT2D eigenvalue weighted by atomic mass is 10.1. The van der Waals surface area contributed by atoms with Crippen LogP contribution in [0.5, 0.6) is 0 Å². The van der Waals surface area contributed by atoms with Crippen molar-refractivity contribution in [2.75, 3.05) is 0 Å². The van der Waals surface area contributed by atoms with E-state index in [4.69, 9.17) is 5.73 Å². The monoisotopic (exact) mass is 292 g/mol. The van der Waals surface area contributed by atoms with Gasteiger partial charge in [0.1, 0.15) is 17.3 Å². The minimum absolute atomic E-state index is 0.345. The van der Waals surface area contributed by atoms with Crippen LogP contribution >= 0.6 is 0 Å². The summed E-state index contributed by atoms with van der Waals surface area (Å²) in [5, 5.41) is 10.3. The van der Waals surface area contributed by atoms with Crippen molar-refractivity contribution in [2.24, 2.45) is 5.73 Å². The molecule has 0 fully saturated rings. The normalized spacial score (nSPS) is 12.9. The first-order chi connectivity index (χ1) is 10.6. The minimum atomic E-state index is -0.879. The number of H-pyrrole nitrogens is 1. The summed E-state index contributed by atoms with van der Waals surface area (Å²) in [6.07, 6.45) is 0. The maximum absolute atomic E-state index is 12.4. The van der Waals surface area contributed by atoms with Gasteiger partial charge in [-0.15, -0.1) is 0 Å². The zero-order chi connectivity index (χ0) is 15.3. The van der Waals surface area contributed by atoms with Crippen molar-refractivity contribution in [2.45, 2.75) is 6.04 Å². The topological polar surface area (TPSA) is 101 Å². The fourth-order valence-electron chi connectivity index (χ4n) is 2.64. The Morgan fingerprint density at radius 2 is 1.95 bits per heavy atom. The highest BCUT2D eigenvalue weighted by atomic mass is 16.2. The van der Waals surface area contributed by atoms with Crippen LogP contribution in [0.1, 0.15) is 22.1 Å². The third-order valence-corrected chi connectivity index (χ3v) is 3.81. The molecule has 6 heteroatoms. The molecule has 2 amide bonds. The molecule has 1 atom stereocenters. The average Bonchev–Trinajstić information content (AvgIpc) is 3.00. The highest BCUT2D eigenvalue weighted by Gasteiger charge is 2.27. The molecule has 2 aromatic rings. The molecule has 2 aliphatic rings. The average molecular weight is 292 g/mol. The van der Waals surface area contributed by atoms with Crippen molar-refractivity contribution in [3.63, 3.8) is 0 Å². The van der Waals surface area contributed by atoms with E-state index in [9.17, 15) is 9.59 Å². The lowest BCUT2D eigenvalue weighted by molar-refractivity contribution is -0.120. The maximum atomic E-state index is 12.4. The number of nitrogens with zero attached hydrogens (tertiary/aromatic N) is 1. The molecule has 6 nitrogen and oxygen atoms in total. The largest absolute Gasteiger partial charge is 0.368 e. The number of hydrogen-bond acceptors (Lipinski definition) is 3. The zero-order valence-electron chi connectivity index (χ0n) is 11.5. The van der Waals surface area contributed by atoms with Crippen molar-refractivity contribution in [3.05, 3.63) is 53.7 Å². The summed E-state index contributed by atoms with van der Waals surface area (Å²) in [7, 11) is 0. The number of carbonyl (C=O) groups is 2. The summed E-state index contributed by atoms with van der Waals surface area (Å²) < 4.78 is 0. The molecule has 0 radical (unpaired) electrons. The summed E-state index contributed by atoms with van der Waals surface area (Å²) in [5.74, 6) is -1.01. The van der Waals surface area contributed by atoms with Gasteiger partial charge in [-0.05, 0) is 23.3 Å². The van der Waals surface area contributed by atoms with E-state index < -0.39 is 17.9 Å². The molecule has 4 rings (SSSR count). The Balaban J connectivity index is 1.64. The van der Waals surface area contributed by atoms with Gasteiger partial charge in [0.05, 0.1) is 0 Å². The molecule has 0 spiro atoms. The smallest absolute Gasteiger partial charge is 0.270 e. The van der Waals surface area contributed by atoms with E-state index in [1.807, 2.05) is 18.2 Å². The Kier molecular flexibility index (Phi) is 2.53. The summed E-state index contributed by atoms with van der Waals surface area (Å²) in [4.78, 5) is 24.1. The number of carbonyl (C=O) groups excluding carboxylic acids is 2. The van der Waals surface area contributed by atoms with Crippen molar-refractivity contribution >= 4 is 22.7 Å². The van der Waals surface area contributed by atoms with Gasteiger partial charge in [0.25, 0.3) is 5.91 Å². The van der Waals surface area contributed by atoms with Crippen LogP contribution in [-0.2, 0) is 4.79 Å². The molecule has 22 heavy (non-hydrogen) atoms. The molecule has 1 heterocycles. The Hall–Kier alpha value is -3.15.